The van der Waals surface area contributed by atoms with Crippen molar-refractivity contribution in [1.29, 1.82) is 5.26 Å². The zero-order valence-corrected chi connectivity index (χ0v) is 14.4. The summed E-state index contributed by atoms with van der Waals surface area (Å²) in [6.45, 7) is 1.25. The highest BCUT2D eigenvalue weighted by atomic mass is 19.4. The molecule has 0 unspecified atom stereocenters. The molecule has 0 bridgehead atoms. The van der Waals surface area contributed by atoms with Crippen LogP contribution >= 0.6 is 0 Å². The van der Waals surface area contributed by atoms with E-state index in [9.17, 15) is 22.8 Å². The standard InChI is InChI=1S/C19H16F3N3O2/c1-13(26)25(16-8-6-15(7-9-16)19(20,21)22)11-10-18(27)24-17-5-3-2-4-14(17)12-23/h2-9H,10-11H2,1H3,(H,24,27). The third kappa shape index (κ3) is 5.31. The fraction of sp³-hybridized carbons (Fsp3) is 0.211. The fourth-order valence-corrected chi connectivity index (χ4v) is 2.41. The van der Waals surface area contributed by atoms with E-state index in [1.54, 1.807) is 24.3 Å². The Labute approximate surface area is 154 Å². The second kappa shape index (κ2) is 8.36. The van der Waals surface area contributed by atoms with Crippen LogP contribution in [0.15, 0.2) is 48.5 Å². The molecular formula is C19H16F3N3O2. The molecule has 0 saturated carbocycles. The van der Waals surface area contributed by atoms with E-state index in [1.165, 1.54) is 24.0 Å². The van der Waals surface area contributed by atoms with Crippen molar-refractivity contribution in [2.75, 3.05) is 16.8 Å². The van der Waals surface area contributed by atoms with Crippen molar-refractivity contribution in [3.05, 3.63) is 59.7 Å². The summed E-state index contributed by atoms with van der Waals surface area (Å²) in [5, 5.41) is 11.6. The average molecular weight is 375 g/mol. The van der Waals surface area contributed by atoms with E-state index < -0.39 is 23.6 Å². The summed E-state index contributed by atoms with van der Waals surface area (Å²) in [5.74, 6) is -0.823. The number of para-hydroxylation sites is 1. The van der Waals surface area contributed by atoms with Gasteiger partial charge in [0.25, 0.3) is 0 Å². The minimum atomic E-state index is -4.46. The third-order valence-corrected chi connectivity index (χ3v) is 3.77. The number of alkyl halides is 3. The quantitative estimate of drug-likeness (QED) is 0.860. The van der Waals surface area contributed by atoms with E-state index in [0.29, 0.717) is 11.3 Å². The van der Waals surface area contributed by atoms with Gasteiger partial charge in [-0.05, 0) is 36.4 Å². The molecule has 8 heteroatoms. The van der Waals surface area contributed by atoms with Gasteiger partial charge in [-0.1, -0.05) is 12.1 Å². The summed E-state index contributed by atoms with van der Waals surface area (Å²) >= 11 is 0. The zero-order chi connectivity index (χ0) is 20.0. The average Bonchev–Trinajstić information content (AvgIpc) is 2.61. The van der Waals surface area contributed by atoms with E-state index in [-0.39, 0.29) is 18.7 Å². The molecule has 2 amide bonds. The Morgan fingerprint density at radius 3 is 2.30 bits per heavy atom. The Bertz CT molecular complexity index is 871. The number of amides is 2. The Morgan fingerprint density at radius 2 is 1.74 bits per heavy atom. The van der Waals surface area contributed by atoms with Crippen molar-refractivity contribution in [3.63, 3.8) is 0 Å². The van der Waals surface area contributed by atoms with Crippen LogP contribution in [0.1, 0.15) is 24.5 Å². The number of halogens is 3. The molecule has 0 fully saturated rings. The van der Waals surface area contributed by atoms with Crippen LogP contribution in [0.3, 0.4) is 0 Å². The number of benzene rings is 2. The van der Waals surface area contributed by atoms with Crippen LogP contribution in [0, 0.1) is 11.3 Å². The number of hydrogen-bond acceptors (Lipinski definition) is 3. The van der Waals surface area contributed by atoms with Crippen molar-refractivity contribution in [2.45, 2.75) is 19.5 Å². The third-order valence-electron chi connectivity index (χ3n) is 3.77. The molecule has 0 aliphatic carbocycles. The summed E-state index contributed by atoms with van der Waals surface area (Å²) in [6.07, 6.45) is -4.55. The smallest absolute Gasteiger partial charge is 0.325 e. The second-order valence-corrected chi connectivity index (χ2v) is 5.67. The van der Waals surface area contributed by atoms with Crippen LogP contribution in [0.5, 0.6) is 0 Å². The fourth-order valence-electron chi connectivity index (χ4n) is 2.41. The Kier molecular flexibility index (Phi) is 6.19. The zero-order valence-electron chi connectivity index (χ0n) is 14.4. The minimum absolute atomic E-state index is 0.0126. The molecule has 140 valence electrons. The monoisotopic (exact) mass is 375 g/mol. The second-order valence-electron chi connectivity index (χ2n) is 5.67. The van der Waals surface area contributed by atoms with Crippen LogP contribution in [-0.2, 0) is 15.8 Å². The molecule has 2 aromatic rings. The first-order valence-corrected chi connectivity index (χ1v) is 7.96. The van der Waals surface area contributed by atoms with Gasteiger partial charge in [-0.25, -0.2) is 0 Å². The number of nitrogens with one attached hydrogen (secondary N) is 1. The molecular weight excluding hydrogens is 359 g/mol. The van der Waals surface area contributed by atoms with Crippen molar-refractivity contribution < 1.29 is 22.8 Å². The number of carbonyl (C=O) groups is 2. The lowest BCUT2D eigenvalue weighted by molar-refractivity contribution is -0.137. The maximum Gasteiger partial charge on any atom is 0.416 e. The summed E-state index contributed by atoms with van der Waals surface area (Å²) < 4.78 is 37.9. The number of hydrogen-bond donors (Lipinski definition) is 1. The van der Waals surface area contributed by atoms with Crippen LogP contribution < -0.4 is 10.2 Å². The van der Waals surface area contributed by atoms with Crippen LogP contribution in [0.2, 0.25) is 0 Å². The number of nitrogens with zero attached hydrogens (tertiary/aromatic N) is 2. The highest BCUT2D eigenvalue weighted by Crippen LogP contribution is 2.30. The lowest BCUT2D eigenvalue weighted by Crippen LogP contribution is -2.32. The lowest BCUT2D eigenvalue weighted by Gasteiger charge is -2.21. The van der Waals surface area contributed by atoms with Gasteiger partial charge in [-0.15, -0.1) is 0 Å². The molecule has 0 radical (unpaired) electrons. The maximum absolute atomic E-state index is 12.6. The van der Waals surface area contributed by atoms with Gasteiger partial charge in [0, 0.05) is 25.6 Å². The molecule has 0 spiro atoms. The molecule has 5 nitrogen and oxygen atoms in total. The largest absolute Gasteiger partial charge is 0.416 e. The molecule has 2 aromatic carbocycles. The van der Waals surface area contributed by atoms with Crippen molar-refractivity contribution in [2.24, 2.45) is 0 Å². The summed E-state index contributed by atoms with van der Waals surface area (Å²) in [7, 11) is 0. The lowest BCUT2D eigenvalue weighted by atomic mass is 10.1. The number of rotatable bonds is 5. The minimum Gasteiger partial charge on any atom is -0.325 e. The molecule has 0 saturated heterocycles. The van der Waals surface area contributed by atoms with Gasteiger partial charge in [0.1, 0.15) is 6.07 Å². The van der Waals surface area contributed by atoms with Crippen LogP contribution in [-0.4, -0.2) is 18.4 Å². The van der Waals surface area contributed by atoms with Crippen molar-refractivity contribution in [1.82, 2.24) is 0 Å². The van der Waals surface area contributed by atoms with E-state index >= 15 is 0 Å². The van der Waals surface area contributed by atoms with Gasteiger partial charge < -0.3 is 10.2 Å². The molecule has 0 aliphatic rings. The molecule has 0 heterocycles. The number of nitriles is 1. The Hall–Kier alpha value is -3.34. The topological polar surface area (TPSA) is 73.2 Å². The van der Waals surface area contributed by atoms with Crippen LogP contribution in [0.25, 0.3) is 0 Å². The summed E-state index contributed by atoms with van der Waals surface area (Å²) in [6, 6.07) is 12.6. The predicted octanol–water partition coefficient (Wildman–Crippen LogP) is 3.96. The summed E-state index contributed by atoms with van der Waals surface area (Å²) in [5.41, 5.74) is 0.104. The van der Waals surface area contributed by atoms with Crippen molar-refractivity contribution >= 4 is 23.2 Å². The number of carbonyl (C=O) groups excluding carboxylic acids is 2. The van der Waals surface area contributed by atoms with Gasteiger partial charge in [0.15, 0.2) is 0 Å². The van der Waals surface area contributed by atoms with Gasteiger partial charge in [0.2, 0.25) is 11.8 Å². The molecule has 27 heavy (non-hydrogen) atoms. The molecule has 2 rings (SSSR count). The molecule has 0 atom stereocenters. The van der Waals surface area contributed by atoms with E-state index in [0.717, 1.165) is 12.1 Å². The maximum atomic E-state index is 12.6. The first-order valence-electron chi connectivity index (χ1n) is 7.96. The number of anilines is 2. The van der Waals surface area contributed by atoms with Gasteiger partial charge >= 0.3 is 6.18 Å². The Morgan fingerprint density at radius 1 is 1.11 bits per heavy atom. The SMILES string of the molecule is CC(=O)N(CCC(=O)Nc1ccccc1C#N)c1ccc(C(F)(F)F)cc1. The first-order chi connectivity index (χ1) is 12.7. The van der Waals surface area contributed by atoms with Gasteiger partial charge in [-0.3, -0.25) is 9.59 Å². The van der Waals surface area contributed by atoms with E-state index in [4.69, 9.17) is 5.26 Å². The van der Waals surface area contributed by atoms with Crippen LogP contribution in [0.4, 0.5) is 24.5 Å². The highest BCUT2D eigenvalue weighted by molar-refractivity contribution is 5.95. The van der Waals surface area contributed by atoms with Gasteiger partial charge in [0.05, 0.1) is 16.8 Å². The van der Waals surface area contributed by atoms with E-state index in [2.05, 4.69) is 5.32 Å². The first kappa shape index (κ1) is 20.0. The van der Waals surface area contributed by atoms with E-state index in [1.807, 2.05) is 6.07 Å². The summed E-state index contributed by atoms with van der Waals surface area (Å²) in [4.78, 5) is 25.2. The molecule has 0 aliphatic heterocycles. The normalized spacial score (nSPS) is 10.8. The van der Waals surface area contributed by atoms with Crippen molar-refractivity contribution in [3.8, 4) is 6.07 Å². The molecule has 0 aromatic heterocycles. The predicted molar refractivity (Wildman–Crippen MR) is 93.9 cm³/mol. The molecule has 1 N–H and O–H groups in total. The Balaban J connectivity index is 2.05. The highest BCUT2D eigenvalue weighted by Gasteiger charge is 2.30. The van der Waals surface area contributed by atoms with Gasteiger partial charge in [-0.2, -0.15) is 18.4 Å².